The molecule has 0 aliphatic carbocycles. The normalized spacial score (nSPS) is 10.7. The number of hydrogen-bond acceptors (Lipinski definition) is 2. The third-order valence-corrected chi connectivity index (χ3v) is 4.51. The molecule has 0 aliphatic heterocycles. The predicted octanol–water partition coefficient (Wildman–Crippen LogP) is 4.97. The van der Waals surface area contributed by atoms with Crippen LogP contribution in [0, 0.1) is 0 Å². The highest BCUT2D eigenvalue weighted by Gasteiger charge is 2.09. The third kappa shape index (κ3) is 3.44. The first-order valence-electron chi connectivity index (χ1n) is 6.01. The minimum Gasteiger partial charge on any atom is -0.377 e. The van der Waals surface area contributed by atoms with Crippen molar-refractivity contribution in [3.8, 4) is 0 Å². The van der Waals surface area contributed by atoms with E-state index in [4.69, 9.17) is 23.2 Å². The molecule has 0 bridgehead atoms. The summed E-state index contributed by atoms with van der Waals surface area (Å²) in [5.74, 6) is 0.983. The monoisotopic (exact) mass is 361 g/mol. The molecule has 1 N–H and O–H groups in total. The Hall–Kier alpha value is -0.710. The van der Waals surface area contributed by atoms with Crippen LogP contribution in [-0.4, -0.2) is 9.55 Å². The lowest BCUT2D eigenvalue weighted by atomic mass is 10.3. The lowest BCUT2D eigenvalue weighted by Gasteiger charge is -2.11. The minimum absolute atomic E-state index is 0.517. The smallest absolute Gasteiger partial charge is 0.128 e. The zero-order valence-electron chi connectivity index (χ0n) is 10.5. The fraction of sp³-hybridized carbons (Fsp3) is 0.308. The summed E-state index contributed by atoms with van der Waals surface area (Å²) in [5, 5.41) is 4.30. The Kier molecular flexibility index (Phi) is 5.13. The summed E-state index contributed by atoms with van der Waals surface area (Å²) < 4.78 is 2.92. The van der Waals surface area contributed by atoms with E-state index < -0.39 is 0 Å². The molecule has 1 aromatic heterocycles. The first kappa shape index (κ1) is 14.7. The Morgan fingerprint density at radius 3 is 2.84 bits per heavy atom. The van der Waals surface area contributed by atoms with Gasteiger partial charge in [-0.3, -0.25) is 0 Å². The largest absolute Gasteiger partial charge is 0.377 e. The van der Waals surface area contributed by atoms with Crippen LogP contribution in [0.4, 0.5) is 5.69 Å². The lowest BCUT2D eigenvalue weighted by Crippen LogP contribution is -2.08. The first-order valence-corrected chi connectivity index (χ1v) is 7.55. The van der Waals surface area contributed by atoms with E-state index in [2.05, 4.69) is 37.7 Å². The van der Waals surface area contributed by atoms with E-state index in [0.717, 1.165) is 29.0 Å². The standard InChI is InChI=1S/C13H14BrCl2N3/c1-2-6-19-7-5-17-11(19)8-18-10-4-3-9(14)12(15)13(10)16/h3-5,7,18H,2,6,8H2,1H3. The highest BCUT2D eigenvalue weighted by atomic mass is 79.9. The summed E-state index contributed by atoms with van der Waals surface area (Å²) >= 11 is 15.6. The van der Waals surface area contributed by atoms with E-state index in [1.807, 2.05) is 24.5 Å². The van der Waals surface area contributed by atoms with Crippen molar-refractivity contribution in [1.29, 1.82) is 0 Å². The third-order valence-electron chi connectivity index (χ3n) is 2.74. The number of aromatic nitrogens is 2. The topological polar surface area (TPSA) is 29.9 Å². The minimum atomic E-state index is 0.517. The molecular formula is C13H14BrCl2N3. The van der Waals surface area contributed by atoms with Gasteiger partial charge in [0.05, 0.1) is 22.3 Å². The number of benzene rings is 1. The number of nitrogens with one attached hydrogen (secondary N) is 1. The van der Waals surface area contributed by atoms with Gasteiger partial charge in [0.25, 0.3) is 0 Å². The molecule has 102 valence electrons. The second kappa shape index (κ2) is 6.64. The van der Waals surface area contributed by atoms with Crippen molar-refractivity contribution in [3.05, 3.63) is 44.9 Å². The number of hydrogen-bond donors (Lipinski definition) is 1. The van der Waals surface area contributed by atoms with E-state index in [0.29, 0.717) is 16.6 Å². The van der Waals surface area contributed by atoms with Gasteiger partial charge < -0.3 is 9.88 Å². The predicted molar refractivity (Wildman–Crippen MR) is 84.0 cm³/mol. The van der Waals surface area contributed by atoms with Gasteiger partial charge in [0.2, 0.25) is 0 Å². The van der Waals surface area contributed by atoms with Gasteiger partial charge in [0.1, 0.15) is 5.82 Å². The molecule has 0 unspecified atom stereocenters. The lowest BCUT2D eigenvalue weighted by molar-refractivity contribution is 0.644. The highest BCUT2D eigenvalue weighted by molar-refractivity contribution is 9.10. The number of imidazole rings is 1. The van der Waals surface area contributed by atoms with Crippen molar-refractivity contribution in [3.63, 3.8) is 0 Å². The quantitative estimate of drug-likeness (QED) is 0.760. The summed E-state index contributed by atoms with van der Waals surface area (Å²) in [5.41, 5.74) is 0.806. The molecule has 6 heteroatoms. The first-order chi connectivity index (χ1) is 9.13. The van der Waals surface area contributed by atoms with Crippen LogP contribution < -0.4 is 5.32 Å². The van der Waals surface area contributed by atoms with E-state index in [9.17, 15) is 0 Å². The molecule has 0 atom stereocenters. The van der Waals surface area contributed by atoms with Gasteiger partial charge >= 0.3 is 0 Å². The van der Waals surface area contributed by atoms with Crippen LogP contribution in [0.15, 0.2) is 29.0 Å². The van der Waals surface area contributed by atoms with E-state index in [1.54, 1.807) is 0 Å². The average molecular weight is 363 g/mol. The van der Waals surface area contributed by atoms with Crippen molar-refractivity contribution in [2.75, 3.05) is 5.32 Å². The number of halogens is 3. The molecule has 2 rings (SSSR count). The maximum atomic E-state index is 6.19. The summed E-state index contributed by atoms with van der Waals surface area (Å²) in [7, 11) is 0. The van der Waals surface area contributed by atoms with Crippen molar-refractivity contribution in [1.82, 2.24) is 9.55 Å². The molecule has 1 heterocycles. The zero-order valence-corrected chi connectivity index (χ0v) is 13.6. The average Bonchev–Trinajstić information content (AvgIpc) is 2.83. The summed E-state index contributed by atoms with van der Waals surface area (Å²) in [6.07, 6.45) is 4.87. The molecule has 0 saturated carbocycles. The second-order valence-corrected chi connectivity index (χ2v) is 5.72. The van der Waals surface area contributed by atoms with Gasteiger partial charge in [0.15, 0.2) is 0 Å². The van der Waals surface area contributed by atoms with Gasteiger partial charge in [-0.2, -0.15) is 0 Å². The fourth-order valence-electron chi connectivity index (χ4n) is 1.79. The van der Waals surface area contributed by atoms with Gasteiger partial charge in [-0.25, -0.2) is 4.98 Å². The molecule has 0 radical (unpaired) electrons. The Labute approximate surface area is 131 Å². The van der Waals surface area contributed by atoms with Gasteiger partial charge in [-0.15, -0.1) is 0 Å². The zero-order chi connectivity index (χ0) is 13.8. The van der Waals surface area contributed by atoms with Crippen LogP contribution in [-0.2, 0) is 13.1 Å². The van der Waals surface area contributed by atoms with E-state index in [1.165, 1.54) is 0 Å². The Bertz CT molecular complexity index is 569. The van der Waals surface area contributed by atoms with Crippen LogP contribution >= 0.6 is 39.1 Å². The van der Waals surface area contributed by atoms with E-state index in [-0.39, 0.29) is 0 Å². The molecule has 1 aromatic carbocycles. The number of anilines is 1. The van der Waals surface area contributed by atoms with Crippen molar-refractivity contribution in [2.24, 2.45) is 0 Å². The molecule has 0 fully saturated rings. The Morgan fingerprint density at radius 1 is 1.32 bits per heavy atom. The van der Waals surface area contributed by atoms with Crippen LogP contribution in [0.3, 0.4) is 0 Å². The molecule has 0 amide bonds. The van der Waals surface area contributed by atoms with Crippen molar-refractivity contribution >= 4 is 44.8 Å². The number of aryl methyl sites for hydroxylation is 1. The molecule has 0 aliphatic rings. The summed E-state index contributed by atoms with van der Waals surface area (Å²) in [6, 6.07) is 3.76. The van der Waals surface area contributed by atoms with Gasteiger partial charge in [0, 0.05) is 23.4 Å². The van der Waals surface area contributed by atoms with Crippen LogP contribution in [0.5, 0.6) is 0 Å². The van der Waals surface area contributed by atoms with Gasteiger partial charge in [-0.1, -0.05) is 30.1 Å². The molecule has 0 spiro atoms. The highest BCUT2D eigenvalue weighted by Crippen LogP contribution is 2.35. The van der Waals surface area contributed by atoms with Crippen LogP contribution in [0.2, 0.25) is 10.0 Å². The second-order valence-electron chi connectivity index (χ2n) is 4.11. The molecule has 19 heavy (non-hydrogen) atoms. The van der Waals surface area contributed by atoms with Crippen LogP contribution in [0.25, 0.3) is 0 Å². The van der Waals surface area contributed by atoms with E-state index >= 15 is 0 Å². The fourth-order valence-corrected chi connectivity index (χ4v) is 2.63. The summed E-state index contributed by atoms with van der Waals surface area (Å²) in [4.78, 5) is 4.33. The maximum Gasteiger partial charge on any atom is 0.128 e. The Morgan fingerprint density at radius 2 is 2.11 bits per heavy atom. The number of nitrogens with zero attached hydrogens (tertiary/aromatic N) is 2. The number of rotatable bonds is 5. The Balaban J connectivity index is 2.10. The van der Waals surface area contributed by atoms with Crippen molar-refractivity contribution < 1.29 is 0 Å². The molecule has 2 aromatic rings. The summed E-state index contributed by atoms with van der Waals surface area (Å²) in [6.45, 7) is 3.72. The molecule has 3 nitrogen and oxygen atoms in total. The van der Waals surface area contributed by atoms with Crippen molar-refractivity contribution in [2.45, 2.75) is 26.4 Å². The SMILES string of the molecule is CCCn1ccnc1CNc1ccc(Br)c(Cl)c1Cl. The molecular weight excluding hydrogens is 349 g/mol. The molecule has 0 saturated heterocycles. The maximum absolute atomic E-state index is 6.19. The van der Waals surface area contributed by atoms with Crippen LogP contribution in [0.1, 0.15) is 19.2 Å². The van der Waals surface area contributed by atoms with Gasteiger partial charge in [-0.05, 0) is 34.5 Å².